The van der Waals surface area contributed by atoms with Crippen LogP contribution in [0.2, 0.25) is 0 Å². The summed E-state index contributed by atoms with van der Waals surface area (Å²) in [5.41, 5.74) is 0.729. The summed E-state index contributed by atoms with van der Waals surface area (Å²) in [6.07, 6.45) is 0. The highest BCUT2D eigenvalue weighted by Crippen LogP contribution is 2.23. The first-order valence-corrected chi connectivity index (χ1v) is 8.44. The van der Waals surface area contributed by atoms with Crippen molar-refractivity contribution >= 4 is 38.4 Å². The van der Waals surface area contributed by atoms with Crippen molar-refractivity contribution in [2.45, 2.75) is 25.5 Å². The number of aromatic carboxylic acids is 1. The van der Waals surface area contributed by atoms with Crippen LogP contribution < -0.4 is 5.32 Å². The Morgan fingerprint density at radius 3 is 2.43 bits per heavy atom. The standard InChI is InChI=1S/C15H17NO6S/c1-15(2,3)23(20,21)8-13(17)16-10-4-5-11-9(6-10)7-12(22-11)14(18)19/h4-7H,8H2,1-3H3,(H,16,17)(H,18,19). The number of amides is 1. The maximum atomic E-state index is 12.0. The molecule has 0 fully saturated rings. The van der Waals surface area contributed by atoms with Crippen LogP contribution in [-0.4, -0.2) is 35.9 Å². The van der Waals surface area contributed by atoms with Gasteiger partial charge in [-0.05, 0) is 45.0 Å². The molecule has 2 aromatic rings. The molecule has 0 bridgehead atoms. The van der Waals surface area contributed by atoms with Crippen molar-refractivity contribution in [3.63, 3.8) is 0 Å². The van der Waals surface area contributed by atoms with Crippen LogP contribution in [0.1, 0.15) is 31.3 Å². The maximum Gasteiger partial charge on any atom is 0.371 e. The summed E-state index contributed by atoms with van der Waals surface area (Å²) in [5, 5.41) is 11.9. The fourth-order valence-corrected chi connectivity index (χ4v) is 2.66. The normalized spacial score (nSPS) is 12.3. The molecule has 1 amide bonds. The third-order valence-corrected chi connectivity index (χ3v) is 5.77. The van der Waals surface area contributed by atoms with Crippen molar-refractivity contribution in [2.75, 3.05) is 11.1 Å². The zero-order chi connectivity index (χ0) is 17.4. The van der Waals surface area contributed by atoms with Crippen molar-refractivity contribution in [3.05, 3.63) is 30.0 Å². The smallest absolute Gasteiger partial charge is 0.371 e. The Kier molecular flexibility index (Phi) is 4.21. The minimum Gasteiger partial charge on any atom is -0.475 e. The number of anilines is 1. The van der Waals surface area contributed by atoms with Crippen LogP contribution in [0, 0.1) is 0 Å². The van der Waals surface area contributed by atoms with Gasteiger partial charge in [-0.25, -0.2) is 13.2 Å². The molecule has 1 aromatic heterocycles. The second-order valence-corrected chi connectivity index (χ2v) is 8.83. The van der Waals surface area contributed by atoms with Crippen LogP contribution >= 0.6 is 0 Å². The number of hydrogen-bond donors (Lipinski definition) is 2. The number of hydrogen-bond acceptors (Lipinski definition) is 5. The second kappa shape index (κ2) is 5.69. The molecule has 0 unspecified atom stereocenters. The molecule has 124 valence electrons. The van der Waals surface area contributed by atoms with Gasteiger partial charge in [0, 0.05) is 11.1 Å². The van der Waals surface area contributed by atoms with E-state index in [-0.39, 0.29) is 5.76 Å². The lowest BCUT2D eigenvalue weighted by Crippen LogP contribution is -2.35. The van der Waals surface area contributed by atoms with E-state index < -0.39 is 32.2 Å². The Labute approximate surface area is 133 Å². The largest absolute Gasteiger partial charge is 0.475 e. The molecule has 0 aliphatic carbocycles. The molecule has 8 heteroatoms. The number of carbonyl (C=O) groups is 2. The SMILES string of the molecule is CC(C)(C)S(=O)(=O)CC(=O)Nc1ccc2oc(C(=O)O)cc2c1. The molecule has 0 aliphatic heterocycles. The Balaban J connectivity index is 2.19. The van der Waals surface area contributed by atoms with E-state index >= 15 is 0 Å². The van der Waals surface area contributed by atoms with E-state index in [1.807, 2.05) is 0 Å². The molecule has 2 N–H and O–H groups in total. The Bertz CT molecular complexity index is 873. The minimum absolute atomic E-state index is 0.209. The van der Waals surface area contributed by atoms with Crippen LogP contribution in [0.25, 0.3) is 11.0 Å². The summed E-state index contributed by atoms with van der Waals surface area (Å²) in [4.78, 5) is 22.8. The third-order valence-electron chi connectivity index (χ3n) is 3.26. The van der Waals surface area contributed by atoms with E-state index in [4.69, 9.17) is 9.52 Å². The number of carbonyl (C=O) groups excluding carboxylic acids is 1. The van der Waals surface area contributed by atoms with E-state index in [0.717, 1.165) is 0 Å². The van der Waals surface area contributed by atoms with Crippen molar-refractivity contribution < 1.29 is 27.5 Å². The molecule has 0 spiro atoms. The topological polar surface area (TPSA) is 114 Å². The van der Waals surface area contributed by atoms with Crippen molar-refractivity contribution in [1.82, 2.24) is 0 Å². The van der Waals surface area contributed by atoms with Crippen molar-refractivity contribution in [3.8, 4) is 0 Å². The highest BCUT2D eigenvalue weighted by Gasteiger charge is 2.31. The lowest BCUT2D eigenvalue weighted by molar-refractivity contribution is -0.113. The van der Waals surface area contributed by atoms with Gasteiger partial charge in [-0.1, -0.05) is 0 Å². The van der Waals surface area contributed by atoms with Gasteiger partial charge in [-0.15, -0.1) is 0 Å². The fraction of sp³-hybridized carbons (Fsp3) is 0.333. The number of carboxylic acids is 1. The molecule has 0 atom stereocenters. The van der Waals surface area contributed by atoms with Gasteiger partial charge in [0.15, 0.2) is 9.84 Å². The number of nitrogens with one attached hydrogen (secondary N) is 1. The van der Waals surface area contributed by atoms with Crippen LogP contribution in [0.4, 0.5) is 5.69 Å². The van der Waals surface area contributed by atoms with E-state index in [1.54, 1.807) is 0 Å². The molecule has 0 saturated carbocycles. The highest BCUT2D eigenvalue weighted by atomic mass is 32.2. The zero-order valence-electron chi connectivity index (χ0n) is 12.9. The van der Waals surface area contributed by atoms with E-state index in [1.165, 1.54) is 45.0 Å². The second-order valence-electron chi connectivity index (χ2n) is 6.09. The first kappa shape index (κ1) is 17.0. The molecule has 1 aromatic carbocycles. The van der Waals surface area contributed by atoms with Gasteiger partial charge in [0.05, 0.1) is 4.75 Å². The maximum absolute atomic E-state index is 12.0. The summed E-state index contributed by atoms with van der Waals surface area (Å²) in [6, 6.07) is 5.88. The molecular formula is C15H17NO6S. The fourth-order valence-electron chi connectivity index (χ4n) is 1.81. The third kappa shape index (κ3) is 3.70. The van der Waals surface area contributed by atoms with E-state index in [2.05, 4.69) is 5.32 Å². The number of sulfone groups is 1. The summed E-state index contributed by atoms with van der Waals surface area (Å²) in [5.74, 6) is -2.68. The highest BCUT2D eigenvalue weighted by molar-refractivity contribution is 7.93. The Morgan fingerprint density at radius 2 is 1.87 bits per heavy atom. The summed E-state index contributed by atoms with van der Waals surface area (Å²) >= 11 is 0. The molecule has 0 radical (unpaired) electrons. The average molecular weight is 339 g/mol. The van der Waals surface area contributed by atoms with Gasteiger partial charge in [0.25, 0.3) is 0 Å². The predicted octanol–water partition coefficient (Wildman–Crippen LogP) is 2.28. The van der Waals surface area contributed by atoms with Gasteiger partial charge < -0.3 is 14.8 Å². The molecular weight excluding hydrogens is 322 g/mol. The van der Waals surface area contributed by atoms with E-state index in [0.29, 0.717) is 16.7 Å². The Hall–Kier alpha value is -2.35. The molecule has 0 aliphatic rings. The average Bonchev–Trinajstić information content (AvgIpc) is 2.79. The predicted molar refractivity (Wildman–Crippen MR) is 85.3 cm³/mol. The van der Waals surface area contributed by atoms with Gasteiger partial charge in [0.1, 0.15) is 11.3 Å². The van der Waals surface area contributed by atoms with Crippen LogP contribution in [-0.2, 0) is 14.6 Å². The van der Waals surface area contributed by atoms with Crippen molar-refractivity contribution in [1.29, 1.82) is 0 Å². The quantitative estimate of drug-likeness (QED) is 0.883. The van der Waals surface area contributed by atoms with Crippen LogP contribution in [0.15, 0.2) is 28.7 Å². The number of fused-ring (bicyclic) bond motifs is 1. The van der Waals surface area contributed by atoms with Gasteiger partial charge in [-0.2, -0.15) is 0 Å². The summed E-state index contributed by atoms with van der Waals surface area (Å²) < 4.78 is 28.1. The lowest BCUT2D eigenvalue weighted by atomic mass is 10.2. The first-order valence-electron chi connectivity index (χ1n) is 6.79. The lowest BCUT2D eigenvalue weighted by Gasteiger charge is -2.18. The monoisotopic (exact) mass is 339 g/mol. The number of benzene rings is 1. The summed E-state index contributed by atoms with van der Waals surface area (Å²) in [6.45, 7) is 4.59. The first-order chi connectivity index (χ1) is 10.5. The van der Waals surface area contributed by atoms with Crippen molar-refractivity contribution in [2.24, 2.45) is 0 Å². The van der Waals surface area contributed by atoms with Gasteiger partial charge in [0.2, 0.25) is 11.7 Å². The summed E-state index contributed by atoms with van der Waals surface area (Å²) in [7, 11) is -3.57. The number of carboxylic acid groups (broad SMARTS) is 1. The molecule has 2 rings (SSSR count). The molecule has 0 saturated heterocycles. The van der Waals surface area contributed by atoms with Crippen LogP contribution in [0.3, 0.4) is 0 Å². The Morgan fingerprint density at radius 1 is 1.22 bits per heavy atom. The number of furan rings is 1. The molecule has 7 nitrogen and oxygen atoms in total. The molecule has 23 heavy (non-hydrogen) atoms. The molecule has 1 heterocycles. The van der Waals surface area contributed by atoms with E-state index in [9.17, 15) is 18.0 Å². The van der Waals surface area contributed by atoms with Gasteiger partial charge in [-0.3, -0.25) is 4.79 Å². The zero-order valence-corrected chi connectivity index (χ0v) is 13.7. The number of rotatable bonds is 4. The van der Waals surface area contributed by atoms with Crippen LogP contribution in [0.5, 0.6) is 0 Å². The minimum atomic E-state index is -3.57. The van der Waals surface area contributed by atoms with Gasteiger partial charge >= 0.3 is 5.97 Å².